The summed E-state index contributed by atoms with van der Waals surface area (Å²) >= 11 is 12.1. The van der Waals surface area contributed by atoms with Gasteiger partial charge in [-0.3, -0.25) is 9.59 Å². The van der Waals surface area contributed by atoms with Crippen molar-refractivity contribution in [1.82, 2.24) is 15.5 Å². The van der Waals surface area contributed by atoms with Crippen molar-refractivity contribution in [3.63, 3.8) is 0 Å². The number of fused-ring (bicyclic) bond motifs is 1. The van der Waals surface area contributed by atoms with Gasteiger partial charge in [0, 0.05) is 24.9 Å². The van der Waals surface area contributed by atoms with E-state index in [4.69, 9.17) is 23.2 Å². The summed E-state index contributed by atoms with van der Waals surface area (Å²) in [7, 11) is 0. The first-order chi connectivity index (χ1) is 16.5. The maximum absolute atomic E-state index is 12.3. The molecule has 0 bridgehead atoms. The van der Waals surface area contributed by atoms with Gasteiger partial charge in [0.05, 0.1) is 15.4 Å². The second kappa shape index (κ2) is 11.2. The molecule has 0 aliphatic carbocycles. The predicted molar refractivity (Wildman–Crippen MR) is 139 cm³/mol. The number of hydrogen-bond donors (Lipinski definition) is 3. The Bertz CT molecular complexity index is 1370. The third-order valence-electron chi connectivity index (χ3n) is 5.48. The van der Waals surface area contributed by atoms with E-state index in [0.29, 0.717) is 47.2 Å². The molecule has 4 rings (SSSR count). The molecule has 4 aromatic rings. The SMILES string of the molecule is O=C(CCc1cccc(-c2ccc(Cl)c(Cl)c2)c1)NCCCNc1n[nH]c(=O)c2ccccc12. The fourth-order valence-corrected chi connectivity index (χ4v) is 4.00. The fourth-order valence-electron chi connectivity index (χ4n) is 3.70. The van der Waals surface area contributed by atoms with Crippen molar-refractivity contribution in [2.75, 3.05) is 18.4 Å². The van der Waals surface area contributed by atoms with E-state index in [-0.39, 0.29) is 11.5 Å². The highest BCUT2D eigenvalue weighted by Gasteiger charge is 2.07. The van der Waals surface area contributed by atoms with Gasteiger partial charge in [-0.25, -0.2) is 5.10 Å². The molecule has 1 aromatic heterocycles. The van der Waals surface area contributed by atoms with Gasteiger partial charge in [0.25, 0.3) is 5.56 Å². The number of carbonyl (C=O) groups excluding carboxylic acids is 1. The van der Waals surface area contributed by atoms with Crippen LogP contribution in [0.3, 0.4) is 0 Å². The zero-order valence-electron chi connectivity index (χ0n) is 18.4. The average Bonchev–Trinajstić information content (AvgIpc) is 2.86. The van der Waals surface area contributed by atoms with Crippen LogP contribution in [0.1, 0.15) is 18.4 Å². The van der Waals surface area contributed by atoms with Crippen molar-refractivity contribution in [3.05, 3.63) is 92.7 Å². The Labute approximate surface area is 207 Å². The molecular formula is C26H24Cl2N4O2. The van der Waals surface area contributed by atoms with Crippen LogP contribution in [-0.4, -0.2) is 29.2 Å². The average molecular weight is 495 g/mol. The van der Waals surface area contributed by atoms with Gasteiger partial charge in [0.15, 0.2) is 5.82 Å². The van der Waals surface area contributed by atoms with Gasteiger partial charge >= 0.3 is 0 Å². The first-order valence-corrected chi connectivity index (χ1v) is 11.8. The Morgan fingerprint density at radius 1 is 0.882 bits per heavy atom. The molecule has 3 aromatic carbocycles. The Morgan fingerprint density at radius 2 is 1.68 bits per heavy atom. The second-order valence-electron chi connectivity index (χ2n) is 7.91. The molecule has 0 saturated carbocycles. The molecule has 0 unspecified atom stereocenters. The summed E-state index contributed by atoms with van der Waals surface area (Å²) in [5, 5.41) is 15.2. The molecule has 0 radical (unpaired) electrons. The molecule has 1 heterocycles. The second-order valence-corrected chi connectivity index (χ2v) is 8.72. The number of carbonyl (C=O) groups is 1. The van der Waals surface area contributed by atoms with Crippen molar-refractivity contribution in [2.24, 2.45) is 0 Å². The Kier molecular flexibility index (Phi) is 7.83. The van der Waals surface area contributed by atoms with Crippen LogP contribution in [-0.2, 0) is 11.2 Å². The molecule has 0 atom stereocenters. The molecule has 1 amide bonds. The lowest BCUT2D eigenvalue weighted by molar-refractivity contribution is -0.121. The Morgan fingerprint density at radius 3 is 2.50 bits per heavy atom. The normalized spacial score (nSPS) is 10.9. The lowest BCUT2D eigenvalue weighted by Gasteiger charge is -2.09. The first kappa shape index (κ1) is 23.8. The third kappa shape index (κ3) is 5.95. The minimum atomic E-state index is -0.212. The van der Waals surface area contributed by atoms with E-state index in [0.717, 1.165) is 28.5 Å². The van der Waals surface area contributed by atoms with Gasteiger partial charge in [-0.15, -0.1) is 0 Å². The van der Waals surface area contributed by atoms with E-state index in [9.17, 15) is 9.59 Å². The summed E-state index contributed by atoms with van der Waals surface area (Å²) < 4.78 is 0. The van der Waals surface area contributed by atoms with E-state index in [1.54, 1.807) is 12.1 Å². The smallest absolute Gasteiger partial charge is 0.272 e. The summed E-state index contributed by atoms with van der Waals surface area (Å²) in [6.07, 6.45) is 1.78. The highest BCUT2D eigenvalue weighted by Crippen LogP contribution is 2.29. The van der Waals surface area contributed by atoms with Crippen LogP contribution >= 0.6 is 23.2 Å². The van der Waals surface area contributed by atoms with E-state index in [1.807, 2.05) is 48.5 Å². The van der Waals surface area contributed by atoms with E-state index in [1.165, 1.54) is 0 Å². The van der Waals surface area contributed by atoms with Crippen molar-refractivity contribution in [2.45, 2.75) is 19.3 Å². The largest absolute Gasteiger partial charge is 0.368 e. The van der Waals surface area contributed by atoms with Crippen LogP contribution in [0.4, 0.5) is 5.82 Å². The number of H-pyrrole nitrogens is 1. The number of anilines is 1. The fraction of sp³-hybridized carbons (Fsp3) is 0.192. The number of amides is 1. The van der Waals surface area contributed by atoms with Crippen molar-refractivity contribution in [1.29, 1.82) is 0 Å². The van der Waals surface area contributed by atoms with Crippen LogP contribution in [0.5, 0.6) is 0 Å². The number of hydrogen-bond acceptors (Lipinski definition) is 4. The monoisotopic (exact) mass is 494 g/mol. The zero-order valence-corrected chi connectivity index (χ0v) is 19.9. The molecule has 6 nitrogen and oxygen atoms in total. The zero-order chi connectivity index (χ0) is 23.9. The highest BCUT2D eigenvalue weighted by molar-refractivity contribution is 6.42. The van der Waals surface area contributed by atoms with Crippen molar-refractivity contribution in [3.8, 4) is 11.1 Å². The molecule has 0 aliphatic rings. The quantitative estimate of drug-likeness (QED) is 0.270. The maximum atomic E-state index is 12.3. The summed E-state index contributed by atoms with van der Waals surface area (Å²) in [5.74, 6) is 0.635. The molecule has 0 saturated heterocycles. The number of nitrogens with zero attached hydrogens (tertiary/aromatic N) is 1. The summed E-state index contributed by atoms with van der Waals surface area (Å²) in [4.78, 5) is 24.1. The molecule has 8 heteroatoms. The van der Waals surface area contributed by atoms with Crippen molar-refractivity contribution >= 4 is 45.7 Å². The Hall–Kier alpha value is -3.35. The summed E-state index contributed by atoms with van der Waals surface area (Å²) in [5.41, 5.74) is 2.89. The summed E-state index contributed by atoms with van der Waals surface area (Å²) in [6, 6.07) is 20.9. The third-order valence-corrected chi connectivity index (χ3v) is 6.22. The minimum Gasteiger partial charge on any atom is -0.368 e. The number of halogens is 2. The number of benzene rings is 3. The number of rotatable bonds is 9. The van der Waals surface area contributed by atoms with Gasteiger partial charge in [0.1, 0.15) is 0 Å². The highest BCUT2D eigenvalue weighted by atomic mass is 35.5. The van der Waals surface area contributed by atoms with Gasteiger partial charge in [-0.2, -0.15) is 5.10 Å². The minimum absolute atomic E-state index is 0.00700. The standard InChI is InChI=1S/C26H24Cl2N4O2/c27-22-11-10-19(16-23(22)28)18-6-3-5-17(15-18)9-12-24(33)29-13-4-14-30-25-20-7-1-2-8-21(20)26(34)32-31-25/h1-3,5-8,10-11,15-16H,4,9,12-14H2,(H,29,33)(H,30,31)(H,32,34). The van der Waals surface area contributed by atoms with Crippen LogP contribution in [0.15, 0.2) is 71.5 Å². The maximum Gasteiger partial charge on any atom is 0.272 e. The predicted octanol–water partition coefficient (Wildman–Crippen LogP) is 5.45. The number of aromatic nitrogens is 2. The molecule has 0 fully saturated rings. The van der Waals surface area contributed by atoms with E-state index < -0.39 is 0 Å². The van der Waals surface area contributed by atoms with Crippen molar-refractivity contribution < 1.29 is 4.79 Å². The molecule has 174 valence electrons. The van der Waals surface area contributed by atoms with Gasteiger partial charge in [-0.05, 0) is 47.7 Å². The molecular weight excluding hydrogens is 471 g/mol. The van der Waals surface area contributed by atoms with Gasteiger partial charge < -0.3 is 10.6 Å². The topological polar surface area (TPSA) is 86.9 Å². The summed E-state index contributed by atoms with van der Waals surface area (Å²) in [6.45, 7) is 1.17. The van der Waals surface area contributed by atoms with Gasteiger partial charge in [0.2, 0.25) is 5.91 Å². The molecule has 3 N–H and O–H groups in total. The molecule has 0 aliphatic heterocycles. The van der Waals surface area contributed by atoms with Crippen LogP contribution in [0.2, 0.25) is 10.0 Å². The van der Waals surface area contributed by atoms with Crippen LogP contribution in [0.25, 0.3) is 21.9 Å². The Balaban J connectivity index is 1.22. The number of aromatic amines is 1. The number of aryl methyl sites for hydroxylation is 1. The number of nitrogens with one attached hydrogen (secondary N) is 3. The van der Waals surface area contributed by atoms with E-state index >= 15 is 0 Å². The lowest BCUT2D eigenvalue weighted by atomic mass is 10.0. The first-order valence-electron chi connectivity index (χ1n) is 11.0. The van der Waals surface area contributed by atoms with Crippen LogP contribution in [0, 0.1) is 0 Å². The lowest BCUT2D eigenvalue weighted by Crippen LogP contribution is -2.26. The van der Waals surface area contributed by atoms with Gasteiger partial charge in [-0.1, -0.05) is 71.7 Å². The molecule has 0 spiro atoms. The molecule has 34 heavy (non-hydrogen) atoms. The van der Waals surface area contributed by atoms with Crippen LogP contribution < -0.4 is 16.2 Å². The van der Waals surface area contributed by atoms with E-state index in [2.05, 4.69) is 26.9 Å².